The Morgan fingerprint density at radius 1 is 0.660 bits per heavy atom. The van der Waals surface area contributed by atoms with E-state index in [0.29, 0.717) is 17.5 Å². The van der Waals surface area contributed by atoms with Crippen molar-refractivity contribution in [3.63, 3.8) is 0 Å². The molecule has 9 rings (SSSR count). The van der Waals surface area contributed by atoms with Crippen molar-refractivity contribution in [1.82, 2.24) is 15.0 Å². The van der Waals surface area contributed by atoms with Crippen molar-refractivity contribution in [1.29, 1.82) is 0 Å². The summed E-state index contributed by atoms with van der Waals surface area (Å²) in [6.45, 7) is 6.43. The van der Waals surface area contributed by atoms with Crippen LogP contribution < -0.4 is 0 Å². The molecular weight excluding hydrogens is 647 g/mol. The van der Waals surface area contributed by atoms with E-state index < -0.39 is 0 Å². The maximum absolute atomic E-state index is 6.53. The first-order chi connectivity index (χ1) is 26.0. The number of allylic oxidation sites excluding steroid dienone is 13. The van der Waals surface area contributed by atoms with Crippen molar-refractivity contribution in [2.24, 2.45) is 0 Å². The Hall–Kier alpha value is -6.65. The van der Waals surface area contributed by atoms with Crippen LogP contribution in [0.1, 0.15) is 36.7 Å². The lowest BCUT2D eigenvalue weighted by molar-refractivity contribution is 0.602. The van der Waals surface area contributed by atoms with Crippen LogP contribution >= 0.6 is 0 Å². The molecule has 0 spiro atoms. The lowest BCUT2D eigenvalue weighted by atomic mass is 9.75. The summed E-state index contributed by atoms with van der Waals surface area (Å²) >= 11 is 0. The molecule has 0 saturated carbocycles. The van der Waals surface area contributed by atoms with Crippen LogP contribution in [0.15, 0.2) is 187 Å². The van der Waals surface area contributed by atoms with Gasteiger partial charge in [0.05, 0.1) is 0 Å². The first-order valence-corrected chi connectivity index (χ1v) is 18.1. The third-order valence-electron chi connectivity index (χ3n) is 10.3. The van der Waals surface area contributed by atoms with E-state index >= 15 is 0 Å². The average Bonchev–Trinajstić information content (AvgIpc) is 3.59. The fourth-order valence-electron chi connectivity index (χ4n) is 7.29. The lowest BCUT2D eigenvalue weighted by Gasteiger charge is -2.29. The van der Waals surface area contributed by atoms with Crippen LogP contribution in [-0.2, 0) is 5.41 Å². The number of fused-ring (bicyclic) bond motifs is 4. The van der Waals surface area contributed by atoms with Gasteiger partial charge >= 0.3 is 0 Å². The summed E-state index contributed by atoms with van der Waals surface area (Å²) in [4.78, 5) is 15.5. The van der Waals surface area contributed by atoms with E-state index in [1.54, 1.807) is 0 Å². The molecule has 2 heterocycles. The monoisotopic (exact) mass is 683 g/mol. The Morgan fingerprint density at radius 2 is 1.43 bits per heavy atom. The average molecular weight is 684 g/mol. The number of benzene rings is 5. The van der Waals surface area contributed by atoms with Gasteiger partial charge in [0.25, 0.3) is 0 Å². The molecule has 53 heavy (non-hydrogen) atoms. The van der Waals surface area contributed by atoms with Crippen LogP contribution in [0, 0.1) is 0 Å². The molecule has 0 saturated heterocycles. The summed E-state index contributed by atoms with van der Waals surface area (Å²) in [5.41, 5.74) is 8.69. The first-order valence-electron chi connectivity index (χ1n) is 18.1. The predicted octanol–water partition coefficient (Wildman–Crippen LogP) is 12.6. The standard InChI is InChI=1S/C49H37N3O/c1-33-14-5-3-6-16-34(21-13-15-33)39-31-42(45-41-22-11-12-23-43(41)53-44(45)32-39)48-51-46(36-18-7-4-8-19-36)50-47(52-48)37-26-28-49(2,29-27-37)40-25-24-35-17-9-10-20-38(35)30-40/h3-15,17-28,30-32H,1,16,29H2,2H3/b6-3-,14-5-,15-13-,34-21+. The minimum absolute atomic E-state index is 0.157. The van der Waals surface area contributed by atoms with Crippen molar-refractivity contribution in [2.45, 2.75) is 25.2 Å². The fourth-order valence-corrected chi connectivity index (χ4v) is 7.29. The van der Waals surface area contributed by atoms with Crippen molar-refractivity contribution >= 4 is 43.9 Å². The number of furan rings is 1. The third kappa shape index (κ3) is 6.30. The van der Waals surface area contributed by atoms with Gasteiger partial charge in [-0.2, -0.15) is 0 Å². The van der Waals surface area contributed by atoms with E-state index in [9.17, 15) is 0 Å². The zero-order chi connectivity index (χ0) is 35.8. The van der Waals surface area contributed by atoms with Crippen LogP contribution in [0.4, 0.5) is 0 Å². The second kappa shape index (κ2) is 13.5. The zero-order valence-corrected chi connectivity index (χ0v) is 29.5. The molecule has 0 aliphatic heterocycles. The molecule has 0 radical (unpaired) electrons. The van der Waals surface area contributed by atoms with E-state index in [-0.39, 0.29) is 5.41 Å². The number of nitrogens with zero attached hydrogens (tertiary/aromatic N) is 3. The zero-order valence-electron chi connectivity index (χ0n) is 29.5. The topological polar surface area (TPSA) is 51.8 Å². The summed E-state index contributed by atoms with van der Waals surface area (Å²) in [6.07, 6.45) is 22.8. The molecule has 2 aliphatic rings. The molecule has 0 amide bonds. The van der Waals surface area contributed by atoms with Crippen LogP contribution in [0.2, 0.25) is 0 Å². The Balaban J connectivity index is 1.20. The number of hydrogen-bond donors (Lipinski definition) is 0. The van der Waals surface area contributed by atoms with Gasteiger partial charge in [-0.25, -0.2) is 15.0 Å². The number of hydrogen-bond acceptors (Lipinski definition) is 4. The first kappa shape index (κ1) is 32.3. The third-order valence-corrected chi connectivity index (χ3v) is 10.3. The van der Waals surface area contributed by atoms with E-state index in [1.807, 2.05) is 54.6 Å². The number of para-hydroxylation sites is 1. The normalized spacial score (nSPS) is 20.2. The summed E-state index contributed by atoms with van der Waals surface area (Å²) in [6, 6.07) is 38.0. The molecule has 2 aliphatic carbocycles. The molecule has 5 aromatic carbocycles. The van der Waals surface area contributed by atoms with Crippen LogP contribution in [0.5, 0.6) is 0 Å². The van der Waals surface area contributed by atoms with Crippen LogP contribution in [0.25, 0.3) is 66.6 Å². The minimum Gasteiger partial charge on any atom is -0.456 e. The van der Waals surface area contributed by atoms with E-state index in [0.717, 1.165) is 68.2 Å². The highest BCUT2D eigenvalue weighted by Gasteiger charge is 2.27. The van der Waals surface area contributed by atoms with E-state index in [1.165, 1.54) is 16.3 Å². The van der Waals surface area contributed by atoms with Gasteiger partial charge in [0, 0.05) is 32.9 Å². The Bertz CT molecular complexity index is 2760. The molecule has 2 aromatic heterocycles. The highest BCUT2D eigenvalue weighted by Crippen LogP contribution is 2.41. The SMILES string of the molecule is C=C1/C=C\C=C/C/C(c2cc(-c3nc(C4=CCC(C)(c5ccc6ccccc6c5)C=C4)nc(-c4ccccc4)n3)c3c(c2)oc2ccccc23)=C\C=C/1. The molecular formula is C49H37N3O. The van der Waals surface area contributed by atoms with Gasteiger partial charge < -0.3 is 4.42 Å². The van der Waals surface area contributed by atoms with Gasteiger partial charge in [0.15, 0.2) is 17.5 Å². The van der Waals surface area contributed by atoms with E-state index in [2.05, 4.69) is 129 Å². The molecule has 0 fully saturated rings. The molecule has 1 unspecified atom stereocenters. The maximum atomic E-state index is 6.53. The lowest BCUT2D eigenvalue weighted by Crippen LogP contribution is -2.20. The summed E-state index contributed by atoms with van der Waals surface area (Å²) in [7, 11) is 0. The van der Waals surface area contributed by atoms with Gasteiger partial charge in [-0.1, -0.05) is 165 Å². The largest absolute Gasteiger partial charge is 0.456 e. The number of aromatic nitrogens is 3. The van der Waals surface area contributed by atoms with Crippen molar-refractivity contribution in [3.8, 4) is 22.8 Å². The molecule has 7 aromatic rings. The second-order valence-corrected chi connectivity index (χ2v) is 14.0. The highest BCUT2D eigenvalue weighted by molar-refractivity contribution is 6.12. The Kier molecular flexibility index (Phi) is 8.21. The molecule has 1 atom stereocenters. The minimum atomic E-state index is -0.157. The highest BCUT2D eigenvalue weighted by atomic mass is 16.3. The predicted molar refractivity (Wildman–Crippen MR) is 220 cm³/mol. The maximum Gasteiger partial charge on any atom is 0.164 e. The molecule has 0 bridgehead atoms. The summed E-state index contributed by atoms with van der Waals surface area (Å²) < 4.78 is 6.53. The van der Waals surface area contributed by atoms with Gasteiger partial charge in [-0.15, -0.1) is 0 Å². The van der Waals surface area contributed by atoms with Crippen LogP contribution in [0.3, 0.4) is 0 Å². The Labute approximate surface area is 309 Å². The number of rotatable bonds is 5. The Morgan fingerprint density at radius 3 is 2.30 bits per heavy atom. The van der Waals surface area contributed by atoms with Crippen molar-refractivity contribution in [3.05, 3.63) is 199 Å². The molecule has 0 N–H and O–H groups in total. The summed E-state index contributed by atoms with van der Waals surface area (Å²) in [5.74, 6) is 1.88. The smallest absolute Gasteiger partial charge is 0.164 e. The summed E-state index contributed by atoms with van der Waals surface area (Å²) in [5, 5.41) is 4.51. The molecule has 254 valence electrons. The van der Waals surface area contributed by atoms with Gasteiger partial charge in [0.1, 0.15) is 11.2 Å². The van der Waals surface area contributed by atoms with Crippen LogP contribution in [-0.4, -0.2) is 15.0 Å². The van der Waals surface area contributed by atoms with Gasteiger partial charge in [0.2, 0.25) is 0 Å². The van der Waals surface area contributed by atoms with Crippen molar-refractivity contribution < 1.29 is 4.42 Å². The second-order valence-electron chi connectivity index (χ2n) is 14.0. The van der Waals surface area contributed by atoms with Gasteiger partial charge in [-0.05, 0) is 64.1 Å². The van der Waals surface area contributed by atoms with Gasteiger partial charge in [-0.3, -0.25) is 0 Å². The van der Waals surface area contributed by atoms with E-state index in [4.69, 9.17) is 19.4 Å². The molecule has 4 heteroatoms. The molecule has 4 nitrogen and oxygen atoms in total. The quantitative estimate of drug-likeness (QED) is 0.181. The fraction of sp³-hybridized carbons (Fsp3) is 0.0816. The van der Waals surface area contributed by atoms with Crippen molar-refractivity contribution in [2.75, 3.05) is 0 Å².